The summed E-state index contributed by atoms with van der Waals surface area (Å²) in [6.07, 6.45) is 0.223. The number of nitrogens with zero attached hydrogens (tertiary/aromatic N) is 5. The minimum absolute atomic E-state index is 0.0824. The second-order valence-corrected chi connectivity index (χ2v) is 11.3. The standard InChI is InChI=1S/C28H31ClN8O5/c29-16-4-2-5-18(13-16)33-28(41)36-11-9-15(10-12-36)3-1-6-19-34-24(30)20-25(35-19)37(14-31-20)27-22(39)21(38)23(42-27)26(40)32-17-7-8-17/h2,4-5,13-15,17,21-23,27,38-39H,3,7-12H2,(H,32,40)(H,33,41)(H2,30,34,35)/t21?,22-,23-,27+/m0/s1. The lowest BCUT2D eigenvalue weighted by molar-refractivity contribution is -0.137. The number of carbonyl (C=O) groups excluding carboxylic acids is 2. The largest absolute Gasteiger partial charge is 0.387 e. The van der Waals surface area contributed by atoms with Crippen LogP contribution in [0.5, 0.6) is 0 Å². The highest BCUT2D eigenvalue weighted by Gasteiger charge is 2.48. The van der Waals surface area contributed by atoms with E-state index in [1.165, 1.54) is 10.9 Å². The average Bonchev–Trinajstić information content (AvgIpc) is 3.60. The SMILES string of the molecule is Nc1nc(C#CCC2CCN(C(=O)Nc3cccc(Cl)c3)CC2)nc2c1ncn2[C@@H]1O[C@H](C(=O)NC2CC2)C(O)[C@@H]1O. The highest BCUT2D eigenvalue weighted by Crippen LogP contribution is 2.33. The Labute approximate surface area is 246 Å². The highest BCUT2D eigenvalue weighted by molar-refractivity contribution is 6.30. The first-order chi connectivity index (χ1) is 20.3. The summed E-state index contributed by atoms with van der Waals surface area (Å²) in [5, 5.41) is 27.4. The molecule has 4 atom stereocenters. The number of nitrogens with one attached hydrogen (secondary N) is 2. The number of halogens is 1. The zero-order chi connectivity index (χ0) is 29.4. The molecule has 4 heterocycles. The second-order valence-electron chi connectivity index (χ2n) is 10.8. The second kappa shape index (κ2) is 11.7. The van der Waals surface area contributed by atoms with Crippen LogP contribution in [0.15, 0.2) is 30.6 Å². The molecule has 6 N–H and O–H groups in total. The first kappa shape index (κ1) is 28.2. The molecule has 3 aromatic rings. The van der Waals surface area contributed by atoms with Gasteiger partial charge in [-0.3, -0.25) is 9.36 Å². The summed E-state index contributed by atoms with van der Waals surface area (Å²) in [6.45, 7) is 1.23. The fraction of sp³-hybridized carbons (Fsp3) is 0.464. The number of aromatic nitrogens is 4. The number of ether oxygens (including phenoxy) is 1. The van der Waals surface area contributed by atoms with Crippen molar-refractivity contribution >= 4 is 46.2 Å². The van der Waals surface area contributed by atoms with Crippen LogP contribution in [-0.4, -0.2) is 84.0 Å². The molecule has 2 saturated heterocycles. The number of carbonyl (C=O) groups is 2. The molecule has 2 aliphatic heterocycles. The van der Waals surface area contributed by atoms with Gasteiger partial charge in [0.1, 0.15) is 17.7 Å². The van der Waals surface area contributed by atoms with Gasteiger partial charge in [-0.1, -0.05) is 23.6 Å². The number of imidazole rings is 1. The normalized spacial score (nSPS) is 24.3. The molecular formula is C28H31ClN8O5. The van der Waals surface area contributed by atoms with E-state index in [4.69, 9.17) is 22.1 Å². The van der Waals surface area contributed by atoms with Gasteiger partial charge in [-0.25, -0.2) is 19.7 Å². The number of piperidine rings is 1. The zero-order valence-corrected chi connectivity index (χ0v) is 23.4. The molecule has 42 heavy (non-hydrogen) atoms. The van der Waals surface area contributed by atoms with Crippen molar-refractivity contribution in [2.45, 2.75) is 62.7 Å². The zero-order valence-electron chi connectivity index (χ0n) is 22.6. The molecule has 0 bridgehead atoms. The fourth-order valence-electron chi connectivity index (χ4n) is 5.18. The third kappa shape index (κ3) is 5.98. The van der Waals surface area contributed by atoms with Crippen molar-refractivity contribution in [3.05, 3.63) is 41.4 Å². The number of urea groups is 1. The number of aliphatic hydroxyl groups is 2. The molecule has 14 heteroatoms. The molecule has 0 spiro atoms. The summed E-state index contributed by atoms with van der Waals surface area (Å²) in [5.74, 6) is 6.22. The fourth-order valence-corrected chi connectivity index (χ4v) is 5.37. The lowest BCUT2D eigenvalue weighted by atomic mass is 9.94. The quantitative estimate of drug-likeness (QED) is 0.274. The molecule has 3 fully saturated rings. The highest BCUT2D eigenvalue weighted by atomic mass is 35.5. The Hall–Kier alpha value is -3.96. The summed E-state index contributed by atoms with van der Waals surface area (Å²) < 4.78 is 7.20. The number of amides is 3. The number of hydrogen-bond acceptors (Lipinski definition) is 9. The van der Waals surface area contributed by atoms with E-state index in [-0.39, 0.29) is 29.4 Å². The van der Waals surface area contributed by atoms with E-state index >= 15 is 0 Å². The smallest absolute Gasteiger partial charge is 0.321 e. The van der Waals surface area contributed by atoms with Crippen molar-refractivity contribution < 1.29 is 24.5 Å². The van der Waals surface area contributed by atoms with Gasteiger partial charge in [-0.15, -0.1) is 0 Å². The van der Waals surface area contributed by atoms with Crippen LogP contribution >= 0.6 is 11.6 Å². The first-order valence-electron chi connectivity index (χ1n) is 13.9. The first-order valence-corrected chi connectivity index (χ1v) is 14.3. The van der Waals surface area contributed by atoms with Crippen LogP contribution in [0, 0.1) is 17.8 Å². The van der Waals surface area contributed by atoms with E-state index in [0.29, 0.717) is 41.7 Å². The molecular weight excluding hydrogens is 564 g/mol. The van der Waals surface area contributed by atoms with Crippen LogP contribution in [0.2, 0.25) is 5.02 Å². The number of nitrogens with two attached hydrogens (primary N) is 1. The monoisotopic (exact) mass is 594 g/mol. The Morgan fingerprint density at radius 1 is 1.14 bits per heavy atom. The summed E-state index contributed by atoms with van der Waals surface area (Å²) in [5.41, 5.74) is 7.34. The van der Waals surface area contributed by atoms with Crippen LogP contribution in [0.3, 0.4) is 0 Å². The van der Waals surface area contributed by atoms with Gasteiger partial charge in [0.15, 0.2) is 23.8 Å². The molecule has 1 aliphatic carbocycles. The number of fused-ring (bicyclic) bond motifs is 1. The summed E-state index contributed by atoms with van der Waals surface area (Å²) in [6, 6.07) is 6.96. The topological polar surface area (TPSA) is 181 Å². The predicted molar refractivity (Wildman–Crippen MR) is 153 cm³/mol. The molecule has 3 aliphatic rings. The van der Waals surface area contributed by atoms with Gasteiger partial charge in [-0.2, -0.15) is 0 Å². The van der Waals surface area contributed by atoms with Gasteiger partial charge in [0.2, 0.25) is 5.82 Å². The van der Waals surface area contributed by atoms with E-state index in [0.717, 1.165) is 25.7 Å². The Morgan fingerprint density at radius 2 is 1.93 bits per heavy atom. The maximum absolute atomic E-state index is 12.6. The number of aliphatic hydroxyl groups excluding tert-OH is 2. The lowest BCUT2D eigenvalue weighted by Gasteiger charge is -2.31. The maximum atomic E-state index is 12.6. The Kier molecular flexibility index (Phi) is 7.87. The molecule has 2 aromatic heterocycles. The van der Waals surface area contributed by atoms with Crippen molar-refractivity contribution in [2.75, 3.05) is 24.1 Å². The van der Waals surface area contributed by atoms with Gasteiger partial charge in [-0.05, 0) is 55.7 Å². The van der Waals surface area contributed by atoms with Crippen molar-refractivity contribution in [1.29, 1.82) is 0 Å². The van der Waals surface area contributed by atoms with Crippen LogP contribution < -0.4 is 16.4 Å². The Bertz CT molecular complexity index is 1560. The van der Waals surface area contributed by atoms with Gasteiger partial charge < -0.3 is 36.2 Å². The summed E-state index contributed by atoms with van der Waals surface area (Å²) >= 11 is 6.00. The Balaban J connectivity index is 1.08. The number of benzene rings is 1. The number of likely N-dealkylation sites (tertiary alicyclic amines) is 1. The molecule has 1 saturated carbocycles. The van der Waals surface area contributed by atoms with Crippen LogP contribution in [-0.2, 0) is 9.53 Å². The van der Waals surface area contributed by atoms with Crippen molar-refractivity contribution in [2.24, 2.45) is 5.92 Å². The third-order valence-corrected chi connectivity index (χ3v) is 7.95. The van der Waals surface area contributed by atoms with Crippen LogP contribution in [0.1, 0.15) is 44.2 Å². The number of anilines is 2. The van der Waals surface area contributed by atoms with Crippen LogP contribution in [0.25, 0.3) is 11.2 Å². The predicted octanol–water partition coefficient (Wildman–Crippen LogP) is 1.65. The minimum Gasteiger partial charge on any atom is -0.387 e. The molecule has 6 rings (SSSR count). The molecule has 1 aromatic carbocycles. The number of hydrogen-bond donors (Lipinski definition) is 5. The van der Waals surface area contributed by atoms with E-state index < -0.39 is 30.4 Å². The van der Waals surface area contributed by atoms with Gasteiger partial charge in [0.05, 0.1) is 6.33 Å². The van der Waals surface area contributed by atoms with Crippen molar-refractivity contribution in [1.82, 2.24) is 29.7 Å². The average molecular weight is 595 g/mol. The molecule has 3 amide bonds. The van der Waals surface area contributed by atoms with E-state index in [1.807, 2.05) is 0 Å². The van der Waals surface area contributed by atoms with Crippen molar-refractivity contribution in [3.63, 3.8) is 0 Å². The molecule has 1 unspecified atom stereocenters. The van der Waals surface area contributed by atoms with E-state index in [2.05, 4.69) is 37.4 Å². The molecule has 0 radical (unpaired) electrons. The molecule has 13 nitrogen and oxygen atoms in total. The number of nitrogen functional groups attached to an aromatic ring is 1. The number of rotatable bonds is 5. The van der Waals surface area contributed by atoms with Crippen LogP contribution in [0.4, 0.5) is 16.3 Å². The van der Waals surface area contributed by atoms with E-state index in [1.54, 1.807) is 29.2 Å². The minimum atomic E-state index is -1.42. The third-order valence-electron chi connectivity index (χ3n) is 7.71. The van der Waals surface area contributed by atoms with Gasteiger partial charge >= 0.3 is 6.03 Å². The summed E-state index contributed by atoms with van der Waals surface area (Å²) in [4.78, 5) is 39.9. The Morgan fingerprint density at radius 3 is 2.67 bits per heavy atom. The summed E-state index contributed by atoms with van der Waals surface area (Å²) in [7, 11) is 0. The van der Waals surface area contributed by atoms with Gasteiger partial charge in [0.25, 0.3) is 5.91 Å². The van der Waals surface area contributed by atoms with Gasteiger partial charge in [0, 0.05) is 36.3 Å². The molecule has 220 valence electrons. The van der Waals surface area contributed by atoms with Crippen molar-refractivity contribution in [3.8, 4) is 11.8 Å². The maximum Gasteiger partial charge on any atom is 0.321 e. The van der Waals surface area contributed by atoms with E-state index in [9.17, 15) is 19.8 Å². The lowest BCUT2D eigenvalue weighted by Crippen LogP contribution is -2.43.